The Morgan fingerprint density at radius 2 is 1.62 bits per heavy atom. The van der Waals surface area contributed by atoms with E-state index in [2.05, 4.69) is 91.6 Å². The maximum Gasteiger partial charge on any atom is 0.0691 e. The Balaban J connectivity index is 1.48. The second kappa shape index (κ2) is 8.01. The van der Waals surface area contributed by atoms with Crippen molar-refractivity contribution >= 4 is 6.08 Å². The summed E-state index contributed by atoms with van der Waals surface area (Å²) < 4.78 is 0. The SMILES string of the molecule is CC(C)=C1C(CCC/C=C/c2ccccc2)N1Cc1ccccc1. The molecule has 0 amide bonds. The van der Waals surface area contributed by atoms with E-state index in [1.807, 2.05) is 0 Å². The first-order valence-corrected chi connectivity index (χ1v) is 8.95. The highest BCUT2D eigenvalue weighted by Gasteiger charge is 2.39. The summed E-state index contributed by atoms with van der Waals surface area (Å²) in [6, 6.07) is 22.0. The molecule has 124 valence electrons. The minimum Gasteiger partial charge on any atom is -0.360 e. The lowest BCUT2D eigenvalue weighted by Crippen LogP contribution is -2.01. The van der Waals surface area contributed by atoms with Gasteiger partial charge in [0.2, 0.25) is 0 Å². The summed E-state index contributed by atoms with van der Waals surface area (Å²) in [6.45, 7) is 5.52. The molecule has 2 aromatic carbocycles. The number of allylic oxidation sites excluding steroid dienone is 2. The lowest BCUT2D eigenvalue weighted by molar-refractivity contribution is 0.489. The molecule has 1 aliphatic rings. The minimum absolute atomic E-state index is 0.653. The molecular formula is C23H27N. The number of benzene rings is 2. The predicted molar refractivity (Wildman–Crippen MR) is 103 cm³/mol. The summed E-state index contributed by atoms with van der Waals surface area (Å²) in [5.41, 5.74) is 5.73. The highest BCUT2D eigenvalue weighted by Crippen LogP contribution is 2.40. The van der Waals surface area contributed by atoms with Crippen molar-refractivity contribution in [2.24, 2.45) is 0 Å². The molecule has 1 nitrogen and oxygen atoms in total. The third kappa shape index (κ3) is 4.38. The first kappa shape index (κ1) is 16.6. The Morgan fingerprint density at radius 1 is 0.958 bits per heavy atom. The zero-order chi connectivity index (χ0) is 16.8. The van der Waals surface area contributed by atoms with E-state index >= 15 is 0 Å². The maximum atomic E-state index is 2.56. The van der Waals surface area contributed by atoms with Crippen molar-refractivity contribution in [1.82, 2.24) is 4.90 Å². The zero-order valence-corrected chi connectivity index (χ0v) is 14.8. The van der Waals surface area contributed by atoms with Gasteiger partial charge in [0.1, 0.15) is 0 Å². The average molecular weight is 317 g/mol. The maximum absolute atomic E-state index is 2.56. The van der Waals surface area contributed by atoms with Gasteiger partial charge in [0.15, 0.2) is 0 Å². The molecule has 2 aromatic rings. The van der Waals surface area contributed by atoms with Gasteiger partial charge in [-0.15, -0.1) is 0 Å². The van der Waals surface area contributed by atoms with Crippen LogP contribution in [-0.2, 0) is 6.54 Å². The third-order valence-electron chi connectivity index (χ3n) is 4.60. The van der Waals surface area contributed by atoms with E-state index in [-0.39, 0.29) is 0 Å². The van der Waals surface area contributed by atoms with E-state index in [1.165, 1.54) is 29.5 Å². The zero-order valence-electron chi connectivity index (χ0n) is 14.8. The van der Waals surface area contributed by atoms with Crippen LogP contribution in [-0.4, -0.2) is 10.9 Å². The lowest BCUT2D eigenvalue weighted by Gasteiger charge is -2.04. The van der Waals surface area contributed by atoms with Crippen molar-refractivity contribution < 1.29 is 0 Å². The quantitative estimate of drug-likeness (QED) is 0.444. The number of hydrogen-bond acceptors (Lipinski definition) is 1. The molecule has 1 aliphatic heterocycles. The van der Waals surface area contributed by atoms with Gasteiger partial charge in [-0.2, -0.15) is 0 Å². The van der Waals surface area contributed by atoms with Crippen molar-refractivity contribution in [3.63, 3.8) is 0 Å². The van der Waals surface area contributed by atoms with Gasteiger partial charge in [-0.25, -0.2) is 0 Å². The van der Waals surface area contributed by atoms with Crippen molar-refractivity contribution in [3.05, 3.63) is 89.1 Å². The summed E-state index contributed by atoms with van der Waals surface area (Å²) in [5.74, 6) is 0. The Hall–Kier alpha value is -2.28. The largest absolute Gasteiger partial charge is 0.360 e. The monoisotopic (exact) mass is 317 g/mol. The Bertz CT molecular complexity index is 693. The van der Waals surface area contributed by atoms with Crippen LogP contribution < -0.4 is 0 Å². The van der Waals surface area contributed by atoms with Gasteiger partial charge in [0, 0.05) is 12.2 Å². The van der Waals surface area contributed by atoms with Crippen molar-refractivity contribution in [2.75, 3.05) is 0 Å². The molecule has 1 heteroatoms. The Labute approximate surface area is 146 Å². The summed E-state index contributed by atoms with van der Waals surface area (Å²) >= 11 is 0. The number of hydrogen-bond donors (Lipinski definition) is 0. The first-order valence-electron chi connectivity index (χ1n) is 8.95. The van der Waals surface area contributed by atoms with Gasteiger partial charge >= 0.3 is 0 Å². The fourth-order valence-electron chi connectivity index (χ4n) is 3.38. The second-order valence-electron chi connectivity index (χ2n) is 6.76. The molecule has 1 saturated heterocycles. The highest BCUT2D eigenvalue weighted by atomic mass is 15.3. The van der Waals surface area contributed by atoms with Crippen LogP contribution in [0.25, 0.3) is 6.08 Å². The van der Waals surface area contributed by atoms with Gasteiger partial charge in [-0.05, 0) is 44.2 Å². The van der Waals surface area contributed by atoms with Crippen molar-refractivity contribution in [2.45, 2.75) is 45.7 Å². The van der Waals surface area contributed by atoms with Gasteiger partial charge in [0.05, 0.1) is 6.04 Å². The van der Waals surface area contributed by atoms with E-state index in [1.54, 1.807) is 5.70 Å². The molecule has 1 unspecified atom stereocenters. The molecule has 0 aliphatic carbocycles. The summed E-state index contributed by atoms with van der Waals surface area (Å²) in [7, 11) is 0. The molecule has 1 atom stereocenters. The summed E-state index contributed by atoms with van der Waals surface area (Å²) in [6.07, 6.45) is 8.20. The van der Waals surface area contributed by atoms with Crippen LogP contribution in [0.3, 0.4) is 0 Å². The Morgan fingerprint density at radius 3 is 2.29 bits per heavy atom. The van der Waals surface area contributed by atoms with E-state index in [9.17, 15) is 0 Å². The van der Waals surface area contributed by atoms with Crippen LogP contribution in [0, 0.1) is 0 Å². The third-order valence-corrected chi connectivity index (χ3v) is 4.60. The highest BCUT2D eigenvalue weighted by molar-refractivity contribution is 5.48. The van der Waals surface area contributed by atoms with E-state index < -0.39 is 0 Å². The molecule has 1 fully saturated rings. The number of nitrogens with zero attached hydrogens (tertiary/aromatic N) is 1. The minimum atomic E-state index is 0.653. The molecule has 24 heavy (non-hydrogen) atoms. The summed E-state index contributed by atoms with van der Waals surface area (Å²) in [5, 5.41) is 0. The van der Waals surface area contributed by atoms with E-state index in [4.69, 9.17) is 0 Å². The van der Waals surface area contributed by atoms with Crippen LogP contribution in [0.4, 0.5) is 0 Å². The Kier molecular flexibility index (Phi) is 5.53. The second-order valence-corrected chi connectivity index (χ2v) is 6.76. The molecule has 1 heterocycles. The van der Waals surface area contributed by atoms with Crippen LogP contribution in [0.5, 0.6) is 0 Å². The van der Waals surface area contributed by atoms with Crippen molar-refractivity contribution in [1.29, 1.82) is 0 Å². The van der Waals surface area contributed by atoms with E-state index in [0.717, 1.165) is 13.0 Å². The molecule has 0 aromatic heterocycles. The molecular weight excluding hydrogens is 290 g/mol. The number of rotatable bonds is 7. The van der Waals surface area contributed by atoms with Crippen LogP contribution >= 0.6 is 0 Å². The fourth-order valence-corrected chi connectivity index (χ4v) is 3.38. The standard InChI is InChI=1S/C23H27N/c1-19(2)23-22(24(23)18-21-15-9-4-10-16-21)17-11-5-8-14-20-12-6-3-7-13-20/h3-4,6-10,12-16,22H,5,11,17-18H2,1-2H3/b14-8+. The first-order chi connectivity index (χ1) is 11.8. The predicted octanol–water partition coefficient (Wildman–Crippen LogP) is 6.05. The fraction of sp³-hybridized carbons (Fsp3) is 0.304. The lowest BCUT2D eigenvalue weighted by atomic mass is 10.1. The van der Waals surface area contributed by atoms with Gasteiger partial charge in [0.25, 0.3) is 0 Å². The van der Waals surface area contributed by atoms with Crippen LogP contribution in [0.15, 0.2) is 78.0 Å². The molecule has 0 bridgehead atoms. The van der Waals surface area contributed by atoms with Gasteiger partial charge in [-0.3, -0.25) is 0 Å². The van der Waals surface area contributed by atoms with Crippen molar-refractivity contribution in [3.8, 4) is 0 Å². The number of unbranched alkanes of at least 4 members (excludes halogenated alkanes) is 1. The molecule has 3 rings (SSSR count). The van der Waals surface area contributed by atoms with Gasteiger partial charge in [-0.1, -0.05) is 78.4 Å². The van der Waals surface area contributed by atoms with Gasteiger partial charge < -0.3 is 4.90 Å². The average Bonchev–Trinajstić information content (AvgIpc) is 3.29. The molecule has 0 radical (unpaired) electrons. The smallest absolute Gasteiger partial charge is 0.0691 e. The van der Waals surface area contributed by atoms with Crippen LogP contribution in [0.1, 0.15) is 44.2 Å². The topological polar surface area (TPSA) is 3.01 Å². The normalized spacial score (nSPS) is 16.7. The summed E-state index contributed by atoms with van der Waals surface area (Å²) in [4.78, 5) is 2.56. The van der Waals surface area contributed by atoms with Crippen LogP contribution in [0.2, 0.25) is 0 Å². The van der Waals surface area contributed by atoms with E-state index in [0.29, 0.717) is 6.04 Å². The molecule has 0 spiro atoms. The molecule has 0 saturated carbocycles. The molecule has 0 N–H and O–H groups in total.